The van der Waals surface area contributed by atoms with Crippen molar-refractivity contribution in [1.82, 2.24) is 15.1 Å². The molecule has 2 unspecified atom stereocenters. The third kappa shape index (κ3) is 6.49. The molecule has 3 rings (SSSR count). The van der Waals surface area contributed by atoms with Gasteiger partial charge in [-0.25, -0.2) is 0 Å². The molecule has 2 atom stereocenters. The van der Waals surface area contributed by atoms with Gasteiger partial charge in [-0.15, -0.1) is 0 Å². The number of carbonyl (C=O) groups is 3. The zero-order chi connectivity index (χ0) is 23.8. The van der Waals surface area contributed by atoms with Gasteiger partial charge in [0, 0.05) is 32.6 Å². The van der Waals surface area contributed by atoms with Gasteiger partial charge < -0.3 is 19.9 Å². The smallest absolute Gasteiger partial charge is 0.255 e. The highest BCUT2D eigenvalue weighted by molar-refractivity contribution is 5.99. The van der Waals surface area contributed by atoms with Crippen LogP contribution < -0.4 is 10.1 Å². The molecule has 3 amide bonds. The van der Waals surface area contributed by atoms with Gasteiger partial charge in [-0.3, -0.25) is 14.4 Å². The number of carbonyl (C=O) groups excluding carboxylic acids is 3. The third-order valence-electron chi connectivity index (χ3n) is 7.30. The van der Waals surface area contributed by atoms with E-state index in [1.807, 2.05) is 24.8 Å². The molecule has 1 aliphatic heterocycles. The van der Waals surface area contributed by atoms with Crippen molar-refractivity contribution in [2.45, 2.75) is 64.8 Å². The van der Waals surface area contributed by atoms with E-state index >= 15 is 0 Å². The maximum atomic E-state index is 13.4. The molecule has 2 aliphatic rings. The summed E-state index contributed by atoms with van der Waals surface area (Å²) in [7, 11) is 1.53. The lowest BCUT2D eigenvalue weighted by atomic mass is 9.96. The van der Waals surface area contributed by atoms with Crippen molar-refractivity contribution in [1.29, 1.82) is 0 Å². The molecule has 1 saturated carbocycles. The fraction of sp³-hybridized carbons (Fsp3) is 0.654. The van der Waals surface area contributed by atoms with E-state index in [1.165, 1.54) is 32.8 Å². The lowest BCUT2D eigenvalue weighted by Crippen LogP contribution is -2.57. The molecule has 182 valence electrons. The Bertz CT molecular complexity index is 814. The van der Waals surface area contributed by atoms with Crippen LogP contribution in [0.15, 0.2) is 24.3 Å². The number of piperazine rings is 1. The Hall–Kier alpha value is -2.57. The van der Waals surface area contributed by atoms with E-state index in [0.717, 1.165) is 12.8 Å². The summed E-state index contributed by atoms with van der Waals surface area (Å²) in [4.78, 5) is 42.6. The van der Waals surface area contributed by atoms with Crippen LogP contribution in [-0.4, -0.2) is 66.9 Å². The Kier molecular flexibility index (Phi) is 9.15. The lowest BCUT2D eigenvalue weighted by molar-refractivity contribution is -0.141. The van der Waals surface area contributed by atoms with E-state index in [2.05, 4.69) is 5.32 Å². The number of nitrogens with zero attached hydrogens (tertiary/aromatic N) is 2. The van der Waals surface area contributed by atoms with Crippen LogP contribution in [0.4, 0.5) is 0 Å². The maximum absolute atomic E-state index is 13.4. The summed E-state index contributed by atoms with van der Waals surface area (Å²) in [5.41, 5.74) is 0.416. The van der Waals surface area contributed by atoms with Gasteiger partial charge in [0.05, 0.1) is 12.7 Å². The van der Waals surface area contributed by atoms with Gasteiger partial charge in [-0.1, -0.05) is 58.1 Å². The molecule has 1 aliphatic carbocycles. The molecule has 1 saturated heterocycles. The first-order chi connectivity index (χ1) is 15.9. The predicted octanol–water partition coefficient (Wildman–Crippen LogP) is 3.48. The summed E-state index contributed by atoms with van der Waals surface area (Å²) in [6, 6.07) is 6.40. The highest BCUT2D eigenvalue weighted by atomic mass is 16.5. The standard InChI is InChI=1S/C26H39N3O4/c1-4-19(2)24(27-25(31)21-11-7-8-12-22(21)33-3)26(32)29-17-15-28(16-18-29)23(30)14-13-20-9-5-6-10-20/h7-8,11-12,19-20,24H,4-6,9-10,13-18H2,1-3H3,(H,27,31). The number of nitrogens with one attached hydrogen (secondary N) is 1. The minimum absolute atomic E-state index is 0.0118. The highest BCUT2D eigenvalue weighted by Crippen LogP contribution is 2.28. The third-order valence-corrected chi connectivity index (χ3v) is 7.30. The van der Waals surface area contributed by atoms with Gasteiger partial charge in [0.2, 0.25) is 11.8 Å². The first-order valence-corrected chi connectivity index (χ1v) is 12.4. The van der Waals surface area contributed by atoms with Crippen LogP contribution in [0.3, 0.4) is 0 Å². The van der Waals surface area contributed by atoms with E-state index in [-0.39, 0.29) is 23.6 Å². The number of para-hydroxylation sites is 1. The molecule has 1 N–H and O–H groups in total. The predicted molar refractivity (Wildman–Crippen MR) is 128 cm³/mol. The van der Waals surface area contributed by atoms with Gasteiger partial charge >= 0.3 is 0 Å². The molecule has 2 fully saturated rings. The molecule has 7 nitrogen and oxygen atoms in total. The van der Waals surface area contributed by atoms with E-state index < -0.39 is 6.04 Å². The molecule has 1 aromatic carbocycles. The molecular formula is C26H39N3O4. The number of hydrogen-bond donors (Lipinski definition) is 1. The molecule has 0 spiro atoms. The Morgan fingerprint density at radius 2 is 1.70 bits per heavy atom. The fourth-order valence-electron chi connectivity index (χ4n) is 4.89. The number of amides is 3. The molecule has 1 aromatic rings. The second kappa shape index (κ2) is 12.1. The molecule has 0 aromatic heterocycles. The average Bonchev–Trinajstić information content (AvgIpc) is 3.38. The van der Waals surface area contributed by atoms with E-state index in [0.29, 0.717) is 49.8 Å². The first-order valence-electron chi connectivity index (χ1n) is 12.4. The molecule has 7 heteroatoms. The van der Waals surface area contributed by atoms with E-state index in [1.54, 1.807) is 23.1 Å². The average molecular weight is 458 g/mol. The van der Waals surface area contributed by atoms with Crippen LogP contribution >= 0.6 is 0 Å². The highest BCUT2D eigenvalue weighted by Gasteiger charge is 2.33. The van der Waals surface area contributed by atoms with E-state index in [9.17, 15) is 14.4 Å². The normalized spacial score (nSPS) is 18.6. The maximum Gasteiger partial charge on any atom is 0.255 e. The summed E-state index contributed by atoms with van der Waals surface area (Å²) in [5, 5.41) is 2.95. The molecule has 1 heterocycles. The zero-order valence-corrected chi connectivity index (χ0v) is 20.3. The minimum atomic E-state index is -0.614. The number of hydrogen-bond acceptors (Lipinski definition) is 4. The Labute approximate surface area is 197 Å². The SMILES string of the molecule is CCC(C)C(NC(=O)c1ccccc1OC)C(=O)N1CCN(C(=O)CCC2CCCC2)CC1. The van der Waals surface area contributed by atoms with Crippen LogP contribution in [0.5, 0.6) is 5.75 Å². The van der Waals surface area contributed by atoms with Gasteiger partial charge in [-0.2, -0.15) is 0 Å². The minimum Gasteiger partial charge on any atom is -0.496 e. The molecule has 33 heavy (non-hydrogen) atoms. The Balaban J connectivity index is 1.56. The Morgan fingerprint density at radius 1 is 1.06 bits per heavy atom. The van der Waals surface area contributed by atoms with Crippen LogP contribution in [0, 0.1) is 11.8 Å². The van der Waals surface area contributed by atoms with Crippen LogP contribution in [0.1, 0.15) is 69.2 Å². The zero-order valence-electron chi connectivity index (χ0n) is 20.3. The summed E-state index contributed by atoms with van der Waals surface area (Å²) in [6.45, 7) is 6.12. The van der Waals surface area contributed by atoms with Crippen molar-refractivity contribution in [3.63, 3.8) is 0 Å². The van der Waals surface area contributed by atoms with Gasteiger partial charge in [-0.05, 0) is 30.4 Å². The van der Waals surface area contributed by atoms with Crippen LogP contribution in [0.2, 0.25) is 0 Å². The first kappa shape index (κ1) is 25.1. The molecule has 0 radical (unpaired) electrons. The van der Waals surface area contributed by atoms with Crippen molar-refractivity contribution in [3.05, 3.63) is 29.8 Å². The lowest BCUT2D eigenvalue weighted by Gasteiger charge is -2.37. The summed E-state index contributed by atoms with van der Waals surface area (Å²) < 4.78 is 5.30. The van der Waals surface area contributed by atoms with Crippen molar-refractivity contribution < 1.29 is 19.1 Å². The molecule has 0 bridgehead atoms. The van der Waals surface area contributed by atoms with Gasteiger partial charge in [0.15, 0.2) is 0 Å². The second-order valence-corrected chi connectivity index (χ2v) is 9.43. The number of ether oxygens (including phenoxy) is 1. The Morgan fingerprint density at radius 3 is 2.33 bits per heavy atom. The van der Waals surface area contributed by atoms with Crippen LogP contribution in [-0.2, 0) is 9.59 Å². The van der Waals surface area contributed by atoms with Crippen molar-refractivity contribution in [2.24, 2.45) is 11.8 Å². The monoisotopic (exact) mass is 457 g/mol. The summed E-state index contributed by atoms with van der Waals surface area (Å²) in [6.07, 6.45) is 7.48. The second-order valence-electron chi connectivity index (χ2n) is 9.43. The van der Waals surface area contributed by atoms with Gasteiger partial charge in [0.1, 0.15) is 11.8 Å². The van der Waals surface area contributed by atoms with Crippen molar-refractivity contribution >= 4 is 17.7 Å². The summed E-state index contributed by atoms with van der Waals surface area (Å²) >= 11 is 0. The largest absolute Gasteiger partial charge is 0.496 e. The number of methoxy groups -OCH3 is 1. The molecular weight excluding hydrogens is 418 g/mol. The quantitative estimate of drug-likeness (QED) is 0.616. The van der Waals surface area contributed by atoms with Crippen LogP contribution in [0.25, 0.3) is 0 Å². The van der Waals surface area contributed by atoms with E-state index in [4.69, 9.17) is 4.74 Å². The number of rotatable bonds is 9. The fourth-order valence-corrected chi connectivity index (χ4v) is 4.89. The van der Waals surface area contributed by atoms with Crippen molar-refractivity contribution in [2.75, 3.05) is 33.3 Å². The topological polar surface area (TPSA) is 79.0 Å². The number of benzene rings is 1. The summed E-state index contributed by atoms with van der Waals surface area (Å²) in [5.74, 6) is 0.992. The van der Waals surface area contributed by atoms with Crippen molar-refractivity contribution in [3.8, 4) is 5.75 Å². The van der Waals surface area contributed by atoms with Gasteiger partial charge in [0.25, 0.3) is 5.91 Å².